The van der Waals surface area contributed by atoms with Crippen LogP contribution in [0.3, 0.4) is 0 Å². The minimum Gasteiger partial charge on any atom is -0.396 e. The lowest BCUT2D eigenvalue weighted by molar-refractivity contribution is 0.410. The molecule has 0 aliphatic carbocycles. The molecule has 0 aromatic heterocycles. The van der Waals surface area contributed by atoms with E-state index in [1.165, 1.54) is 0 Å². The Balaban J connectivity index is 3.45. The molecule has 0 aliphatic heterocycles. The summed E-state index contributed by atoms with van der Waals surface area (Å²) in [5.74, 6) is 0. The highest BCUT2D eigenvalue weighted by Gasteiger charge is 2.18. The van der Waals surface area contributed by atoms with Gasteiger partial charge in [0.05, 0.1) is 0 Å². The van der Waals surface area contributed by atoms with Gasteiger partial charge >= 0.3 is 7.87 Å². The zero-order valence-corrected chi connectivity index (χ0v) is 4.81. The van der Waals surface area contributed by atoms with E-state index in [9.17, 15) is 0 Å². The summed E-state index contributed by atoms with van der Waals surface area (Å²) in [5, 5.41) is 0. The largest absolute Gasteiger partial charge is 0.464 e. The zero-order chi connectivity index (χ0) is 5.21. The molecule has 0 heterocycles. The predicted octanol–water partition coefficient (Wildman–Crippen LogP) is -0.126. The molecule has 0 spiro atoms. The van der Waals surface area contributed by atoms with E-state index in [1.54, 1.807) is 0 Å². The third-order valence-corrected chi connectivity index (χ3v) is 1.24. The number of hydrogen-bond donors (Lipinski definition) is 2. The van der Waals surface area contributed by atoms with Gasteiger partial charge in [0, 0.05) is 0 Å². The summed E-state index contributed by atoms with van der Waals surface area (Å²) in [4.78, 5) is 16.3. The molecule has 0 radical (unpaired) electrons. The third-order valence-electron chi connectivity index (χ3n) is 0.260. The van der Waals surface area contributed by atoms with Crippen molar-refractivity contribution in [3.05, 3.63) is 12.3 Å². The van der Waals surface area contributed by atoms with Crippen molar-refractivity contribution >= 4 is 18.9 Å². The monoisotopic (exact) mass is 124 g/mol. The fourth-order valence-corrected chi connectivity index (χ4v) is 0. The standard InChI is InChI=1S/C2H5ClO2Si/c1-2-6(3,4)5/h2,4-5H,1H2. The maximum atomic E-state index is 8.17. The van der Waals surface area contributed by atoms with Gasteiger partial charge in [-0.15, -0.1) is 6.58 Å². The first-order chi connectivity index (χ1) is 2.56. The van der Waals surface area contributed by atoms with Crippen molar-refractivity contribution in [3.8, 4) is 0 Å². The van der Waals surface area contributed by atoms with E-state index in [1.807, 2.05) is 0 Å². The fourth-order valence-electron chi connectivity index (χ4n) is 0. The zero-order valence-electron chi connectivity index (χ0n) is 3.06. The average molecular weight is 125 g/mol. The highest BCUT2D eigenvalue weighted by atomic mass is 35.6. The van der Waals surface area contributed by atoms with Crippen LogP contribution in [0, 0.1) is 0 Å². The average Bonchev–Trinajstić information content (AvgIpc) is 1.35. The maximum Gasteiger partial charge on any atom is 0.464 e. The molecule has 0 amide bonds. The van der Waals surface area contributed by atoms with Crippen LogP contribution in [0.5, 0.6) is 0 Å². The van der Waals surface area contributed by atoms with Crippen molar-refractivity contribution in [2.45, 2.75) is 0 Å². The summed E-state index contributed by atoms with van der Waals surface area (Å²) in [5.41, 5.74) is 0.953. The quantitative estimate of drug-likeness (QED) is 0.378. The van der Waals surface area contributed by atoms with Gasteiger partial charge in [-0.05, 0) is 5.70 Å². The summed E-state index contributed by atoms with van der Waals surface area (Å²) < 4.78 is 0. The first-order valence-corrected chi connectivity index (χ1v) is 4.32. The van der Waals surface area contributed by atoms with E-state index in [0.29, 0.717) is 0 Å². The summed E-state index contributed by atoms with van der Waals surface area (Å²) in [6.45, 7) is 3.06. The van der Waals surface area contributed by atoms with E-state index < -0.39 is 7.87 Å². The molecular formula is C2H5ClO2Si. The minimum atomic E-state index is -3.40. The summed E-state index contributed by atoms with van der Waals surface area (Å²) >= 11 is 4.85. The fraction of sp³-hybridized carbons (Fsp3) is 0. The van der Waals surface area contributed by atoms with Gasteiger partial charge in [-0.2, -0.15) is 0 Å². The van der Waals surface area contributed by atoms with Gasteiger partial charge in [-0.1, -0.05) is 11.1 Å². The van der Waals surface area contributed by atoms with Gasteiger partial charge in [0.2, 0.25) is 0 Å². The summed E-state index contributed by atoms with van der Waals surface area (Å²) in [6, 6.07) is 0. The van der Waals surface area contributed by atoms with Crippen LogP contribution >= 0.6 is 11.1 Å². The molecule has 0 saturated heterocycles. The Hall–Kier alpha value is 0.167. The van der Waals surface area contributed by atoms with Crippen molar-refractivity contribution < 1.29 is 9.59 Å². The molecule has 0 bridgehead atoms. The second-order valence-corrected chi connectivity index (χ2v) is 4.19. The minimum absolute atomic E-state index is 0.953. The Morgan fingerprint density at radius 1 is 1.67 bits per heavy atom. The van der Waals surface area contributed by atoms with Crippen LogP contribution in [0.2, 0.25) is 0 Å². The number of halogens is 1. The highest BCUT2D eigenvalue weighted by Crippen LogP contribution is 1.96. The molecule has 0 aliphatic rings. The van der Waals surface area contributed by atoms with Crippen molar-refractivity contribution in [1.29, 1.82) is 0 Å². The van der Waals surface area contributed by atoms with Crippen molar-refractivity contribution in [1.82, 2.24) is 0 Å². The summed E-state index contributed by atoms with van der Waals surface area (Å²) in [7, 11) is -3.40. The summed E-state index contributed by atoms with van der Waals surface area (Å²) in [6.07, 6.45) is 0. The molecule has 0 fully saturated rings. The van der Waals surface area contributed by atoms with Crippen molar-refractivity contribution in [2.75, 3.05) is 0 Å². The second kappa shape index (κ2) is 1.75. The molecule has 0 saturated carbocycles. The Bertz CT molecular complexity index is 57.1. The van der Waals surface area contributed by atoms with Gasteiger partial charge in [0.15, 0.2) is 0 Å². The van der Waals surface area contributed by atoms with Crippen LogP contribution in [0.4, 0.5) is 0 Å². The predicted molar refractivity (Wildman–Crippen MR) is 26.2 cm³/mol. The molecule has 0 aromatic carbocycles. The van der Waals surface area contributed by atoms with E-state index in [4.69, 9.17) is 20.7 Å². The van der Waals surface area contributed by atoms with Crippen LogP contribution < -0.4 is 0 Å². The lowest BCUT2D eigenvalue weighted by Crippen LogP contribution is -2.22. The number of rotatable bonds is 1. The van der Waals surface area contributed by atoms with Gasteiger partial charge in [0.1, 0.15) is 0 Å². The van der Waals surface area contributed by atoms with Gasteiger partial charge < -0.3 is 9.59 Å². The molecule has 2 nitrogen and oxygen atoms in total. The molecule has 0 unspecified atom stereocenters. The molecule has 36 valence electrons. The van der Waals surface area contributed by atoms with Crippen molar-refractivity contribution in [3.63, 3.8) is 0 Å². The molecule has 6 heavy (non-hydrogen) atoms. The molecule has 2 N–H and O–H groups in total. The van der Waals surface area contributed by atoms with Crippen LogP contribution in [0.15, 0.2) is 12.3 Å². The molecule has 0 aromatic rings. The van der Waals surface area contributed by atoms with E-state index >= 15 is 0 Å². The number of hydrogen-bond acceptors (Lipinski definition) is 2. The lowest BCUT2D eigenvalue weighted by atomic mass is 11.3. The van der Waals surface area contributed by atoms with Crippen LogP contribution in [-0.2, 0) is 0 Å². The lowest BCUT2D eigenvalue weighted by Gasteiger charge is -1.96. The Kier molecular flexibility index (Phi) is 1.80. The van der Waals surface area contributed by atoms with Crippen LogP contribution in [-0.4, -0.2) is 17.5 Å². The van der Waals surface area contributed by atoms with E-state index in [-0.39, 0.29) is 0 Å². The molecule has 0 rings (SSSR count). The molecule has 4 heteroatoms. The SMILES string of the molecule is C=C[Si](O)(O)Cl. The molecular weight excluding hydrogens is 120 g/mol. The maximum absolute atomic E-state index is 8.17. The topological polar surface area (TPSA) is 40.5 Å². The normalized spacial score (nSPS) is 11.2. The first-order valence-electron chi connectivity index (χ1n) is 1.33. The van der Waals surface area contributed by atoms with E-state index in [0.717, 1.165) is 5.70 Å². The smallest absolute Gasteiger partial charge is 0.396 e. The molecule has 0 atom stereocenters. The Labute approximate surface area is 41.6 Å². The highest BCUT2D eigenvalue weighted by molar-refractivity contribution is 7.14. The van der Waals surface area contributed by atoms with Crippen molar-refractivity contribution in [2.24, 2.45) is 0 Å². The van der Waals surface area contributed by atoms with Gasteiger partial charge in [-0.25, -0.2) is 0 Å². The van der Waals surface area contributed by atoms with Gasteiger partial charge in [0.25, 0.3) is 0 Å². The Morgan fingerprint density at radius 3 is 1.83 bits per heavy atom. The second-order valence-electron chi connectivity index (χ2n) is 0.840. The first kappa shape index (κ1) is 6.17. The van der Waals surface area contributed by atoms with E-state index in [2.05, 4.69) is 6.58 Å². The third kappa shape index (κ3) is 4.17. The van der Waals surface area contributed by atoms with Gasteiger partial charge in [-0.3, -0.25) is 0 Å². The van der Waals surface area contributed by atoms with Crippen LogP contribution in [0.1, 0.15) is 0 Å². The van der Waals surface area contributed by atoms with Crippen LogP contribution in [0.25, 0.3) is 0 Å². The Morgan fingerprint density at radius 2 is 1.83 bits per heavy atom.